The molecule has 0 unspecified atom stereocenters. The van der Waals surface area contributed by atoms with Crippen LogP contribution in [0.2, 0.25) is 0 Å². The van der Waals surface area contributed by atoms with Crippen molar-refractivity contribution in [3.8, 4) is 135 Å². The maximum absolute atomic E-state index is 6.25. The van der Waals surface area contributed by atoms with Gasteiger partial charge in [-0.1, -0.05) is 319 Å². The van der Waals surface area contributed by atoms with Crippen molar-refractivity contribution < 1.29 is 27.9 Å². The molecule has 0 N–H and O–H groups in total. The predicted octanol–water partition coefficient (Wildman–Crippen LogP) is 23.1. The standard InChI is InChI=1S/C45H38BN3O2.C39H26BrN3.C12H24B2O4/c1-44(2)45(3,4)51-46(50-44)40-29-27-36(28-30-40)35-19-25-39(26-20-35)43-48-41(37-21-15-33(16-22-37)31-11-7-5-8-12-31)47-42(49-43)38-23-17-34(18-24-38)32-13-9-6-10-14-32;40-36-25-23-32(24-26-36)31-15-21-35(22-16-31)39-42-37(33-17-11-29(12-18-33)27-7-3-1-4-8-27)41-38(43-39)34-19-13-30(14-20-34)28-9-5-2-6-10-28;1-9(2)10(3,4)16-13(15-9)14-17-11(5,6)12(7,8)18-14/h5-30H,1-4H3;1-26H;1-8H3. The first-order valence-corrected chi connectivity index (χ1v) is 38.9. The lowest BCUT2D eigenvalue weighted by Gasteiger charge is -2.32. The van der Waals surface area contributed by atoms with Crippen LogP contribution in [0.5, 0.6) is 0 Å². The number of hydrogen-bond donors (Lipinski definition) is 0. The van der Waals surface area contributed by atoms with Crippen LogP contribution in [0.3, 0.4) is 0 Å². The van der Waals surface area contributed by atoms with Gasteiger partial charge in [-0.15, -0.1) is 0 Å². The van der Waals surface area contributed by atoms with Crippen molar-refractivity contribution in [1.82, 2.24) is 29.9 Å². The molecule has 0 radical (unpaired) electrons. The fourth-order valence-electron chi connectivity index (χ4n) is 13.4. The SMILES string of the molecule is Brc1ccc(-c2ccc(-c3nc(-c4ccc(-c5ccccc5)cc4)nc(-c4ccc(-c5ccccc5)cc4)n3)cc2)cc1.CC1(C)OB(B2OC(C)(C)C(C)(C)O2)OC1(C)C.CC1(C)OB(c2ccc(-c3ccc(-c4nc(-c5ccc(-c6ccccc6)cc5)nc(-c5ccc(-c6ccccc6)cc5)n4)cc3)cc2)OC1(C)C. The third-order valence-electron chi connectivity index (χ3n) is 22.3. The van der Waals surface area contributed by atoms with Gasteiger partial charge in [0.2, 0.25) is 0 Å². The molecular formula is C96H88B3BrN6O6. The second kappa shape index (κ2) is 31.7. The third-order valence-corrected chi connectivity index (χ3v) is 22.8. The Kier molecular flexibility index (Phi) is 21.6. The highest BCUT2D eigenvalue weighted by Gasteiger charge is 2.64. The summed E-state index contributed by atoms with van der Waals surface area (Å²) in [5, 5.41) is 0. The van der Waals surface area contributed by atoms with Gasteiger partial charge in [0, 0.05) is 37.9 Å². The quantitative estimate of drug-likeness (QED) is 0.0960. The fourth-order valence-corrected chi connectivity index (χ4v) is 13.6. The van der Waals surface area contributed by atoms with E-state index in [4.69, 9.17) is 57.8 Å². The zero-order chi connectivity index (χ0) is 78.0. The van der Waals surface area contributed by atoms with Crippen LogP contribution >= 0.6 is 15.9 Å². The van der Waals surface area contributed by atoms with Crippen LogP contribution in [0, 0.1) is 0 Å². The maximum Gasteiger partial charge on any atom is 0.494 e. The van der Waals surface area contributed by atoms with Crippen molar-refractivity contribution in [1.29, 1.82) is 0 Å². The van der Waals surface area contributed by atoms with Crippen LogP contribution < -0.4 is 5.46 Å². The van der Waals surface area contributed by atoms with Gasteiger partial charge in [-0.25, -0.2) is 29.9 Å². The molecule has 0 spiro atoms. The van der Waals surface area contributed by atoms with E-state index >= 15 is 0 Å². The van der Waals surface area contributed by atoms with Gasteiger partial charge in [0.25, 0.3) is 0 Å². The average Bonchev–Trinajstić information content (AvgIpc) is 1.68. The van der Waals surface area contributed by atoms with Gasteiger partial charge in [-0.3, -0.25) is 0 Å². The highest BCUT2D eigenvalue weighted by atomic mass is 79.9. The van der Waals surface area contributed by atoms with E-state index in [2.05, 4.69) is 335 Å². The van der Waals surface area contributed by atoms with Crippen molar-refractivity contribution in [3.05, 3.63) is 320 Å². The fraction of sp³-hybridized carbons (Fsp3) is 0.188. The Bertz CT molecular complexity index is 5270. The van der Waals surface area contributed by atoms with Crippen LogP contribution in [0.25, 0.3) is 135 Å². The summed E-state index contributed by atoms with van der Waals surface area (Å²) < 4.78 is 37.4. The molecule has 14 aromatic rings. The maximum atomic E-state index is 6.25. The van der Waals surface area contributed by atoms with Crippen LogP contribution in [-0.4, -0.2) is 84.6 Å². The van der Waals surface area contributed by atoms with Crippen molar-refractivity contribution in [2.45, 2.75) is 117 Å². The molecule has 112 heavy (non-hydrogen) atoms. The van der Waals surface area contributed by atoms with E-state index in [0.717, 1.165) is 87.8 Å². The Morgan fingerprint density at radius 2 is 0.339 bits per heavy atom. The van der Waals surface area contributed by atoms with Crippen molar-refractivity contribution in [2.75, 3.05) is 0 Å². The number of hydrogen-bond acceptors (Lipinski definition) is 12. The topological polar surface area (TPSA) is 133 Å². The number of aromatic nitrogens is 6. The van der Waals surface area contributed by atoms with E-state index in [0.29, 0.717) is 34.9 Å². The summed E-state index contributed by atoms with van der Waals surface area (Å²) in [7, 11) is -1.34. The minimum atomic E-state index is -0.476. The van der Waals surface area contributed by atoms with E-state index < -0.39 is 14.0 Å². The summed E-state index contributed by atoms with van der Waals surface area (Å²) in [5.74, 6) is 3.80. The molecule has 0 saturated carbocycles. The van der Waals surface area contributed by atoms with E-state index in [1.54, 1.807) is 0 Å². The molecule has 3 aliphatic rings. The average molecular weight is 1530 g/mol. The summed E-state index contributed by atoms with van der Waals surface area (Å²) in [5.41, 5.74) is 18.2. The van der Waals surface area contributed by atoms with E-state index in [9.17, 15) is 0 Å². The number of rotatable bonds is 14. The Morgan fingerprint density at radius 3 is 0.536 bits per heavy atom. The smallest absolute Gasteiger partial charge is 0.405 e. The van der Waals surface area contributed by atoms with Crippen LogP contribution in [0.1, 0.15) is 83.1 Å². The minimum absolute atomic E-state index is 0.360. The lowest BCUT2D eigenvalue weighted by atomic mass is 9.49. The van der Waals surface area contributed by atoms with Crippen LogP contribution in [0.4, 0.5) is 0 Å². The second-order valence-electron chi connectivity index (χ2n) is 31.5. The monoisotopic (exact) mass is 1530 g/mol. The van der Waals surface area contributed by atoms with Crippen LogP contribution in [0.15, 0.2) is 320 Å². The molecule has 3 saturated heterocycles. The molecular weight excluding hydrogens is 1450 g/mol. The largest absolute Gasteiger partial charge is 0.494 e. The Balaban J connectivity index is 0.000000147. The summed E-state index contributed by atoms with van der Waals surface area (Å²) >= 11 is 3.52. The van der Waals surface area contributed by atoms with Crippen LogP contribution in [-0.2, 0) is 27.9 Å². The zero-order valence-electron chi connectivity index (χ0n) is 65.3. The minimum Gasteiger partial charge on any atom is -0.405 e. The molecule has 0 aliphatic carbocycles. The molecule has 17 rings (SSSR count). The molecule has 16 heteroatoms. The molecule has 3 aliphatic heterocycles. The Labute approximate surface area is 667 Å². The molecule has 0 atom stereocenters. The van der Waals surface area contributed by atoms with E-state index in [1.807, 2.05) is 79.7 Å². The zero-order valence-corrected chi connectivity index (χ0v) is 66.9. The molecule has 0 amide bonds. The summed E-state index contributed by atoms with van der Waals surface area (Å²) in [6.07, 6.45) is 0. The number of halogens is 1. The van der Waals surface area contributed by atoms with Gasteiger partial charge in [-0.2, -0.15) is 0 Å². The van der Waals surface area contributed by atoms with Crippen molar-refractivity contribution in [2.24, 2.45) is 0 Å². The summed E-state index contributed by atoms with van der Waals surface area (Å²) in [6.45, 7) is 24.5. The van der Waals surface area contributed by atoms with Gasteiger partial charge >= 0.3 is 21.1 Å². The molecule has 5 heterocycles. The molecule has 12 nitrogen and oxygen atoms in total. The highest BCUT2D eigenvalue weighted by molar-refractivity contribution is 9.10. The first kappa shape index (κ1) is 76.5. The van der Waals surface area contributed by atoms with Gasteiger partial charge in [0.1, 0.15) is 0 Å². The molecule has 554 valence electrons. The first-order chi connectivity index (χ1) is 53.8. The molecule has 3 fully saturated rings. The van der Waals surface area contributed by atoms with Crippen molar-refractivity contribution >= 4 is 42.5 Å². The normalized spacial score (nSPS) is 16.1. The first-order valence-electron chi connectivity index (χ1n) is 38.1. The Hall–Kier alpha value is -10.9. The number of nitrogens with zero attached hydrogens (tertiary/aromatic N) is 6. The molecule has 2 aromatic heterocycles. The lowest BCUT2D eigenvalue weighted by Crippen LogP contribution is -2.41. The number of benzene rings is 12. The highest BCUT2D eigenvalue weighted by Crippen LogP contribution is 2.44. The third kappa shape index (κ3) is 16.8. The summed E-state index contributed by atoms with van der Waals surface area (Å²) in [4.78, 5) is 29.8. The van der Waals surface area contributed by atoms with E-state index in [-0.39, 0.29) is 40.7 Å². The van der Waals surface area contributed by atoms with Gasteiger partial charge in [0.15, 0.2) is 34.9 Å². The predicted molar refractivity (Wildman–Crippen MR) is 460 cm³/mol. The Morgan fingerprint density at radius 1 is 0.188 bits per heavy atom. The van der Waals surface area contributed by atoms with Gasteiger partial charge in [-0.05, 0) is 167 Å². The molecule has 0 bridgehead atoms. The van der Waals surface area contributed by atoms with Crippen molar-refractivity contribution in [3.63, 3.8) is 0 Å². The molecule has 12 aromatic carbocycles. The van der Waals surface area contributed by atoms with Gasteiger partial charge < -0.3 is 27.9 Å². The van der Waals surface area contributed by atoms with Gasteiger partial charge in [0.05, 0.1) is 33.6 Å². The van der Waals surface area contributed by atoms with E-state index in [1.165, 1.54) is 22.3 Å². The lowest BCUT2D eigenvalue weighted by molar-refractivity contribution is 0.00578. The second-order valence-corrected chi connectivity index (χ2v) is 32.4. The summed E-state index contributed by atoms with van der Waals surface area (Å²) in [6, 6.07) is 109.